The second-order valence-corrected chi connectivity index (χ2v) is 8.55. The van der Waals surface area contributed by atoms with Gasteiger partial charge in [0, 0.05) is 25.0 Å². The largest absolute Gasteiger partial charge is 0.376 e. The number of nitrogens with one attached hydrogen (secondary N) is 3. The molecule has 1 aliphatic heterocycles. The minimum atomic E-state index is -1.49. The number of nitrogens with zero attached hydrogens (tertiary/aromatic N) is 1. The fourth-order valence-electron chi connectivity index (χ4n) is 4.02. The molecule has 8 heteroatoms. The fourth-order valence-corrected chi connectivity index (χ4v) is 4.02. The minimum Gasteiger partial charge on any atom is -0.376 e. The van der Waals surface area contributed by atoms with E-state index >= 15 is 0 Å². The number of piperidine rings is 1. The number of rotatable bonds is 10. The van der Waals surface area contributed by atoms with Crippen molar-refractivity contribution < 1.29 is 19.5 Å². The Kier molecular flexibility index (Phi) is 9.58. The summed E-state index contributed by atoms with van der Waals surface area (Å²) in [6.07, 6.45) is 3.28. The molecule has 35 heavy (non-hydrogen) atoms. The number of nitriles is 1. The van der Waals surface area contributed by atoms with E-state index in [1.54, 1.807) is 12.1 Å². The van der Waals surface area contributed by atoms with Gasteiger partial charge >= 0.3 is 0 Å². The Morgan fingerprint density at radius 1 is 1.11 bits per heavy atom. The Morgan fingerprint density at radius 2 is 1.80 bits per heavy atom. The van der Waals surface area contributed by atoms with Crippen LogP contribution in [0.2, 0.25) is 0 Å². The molecule has 4 N–H and O–H groups in total. The Balaban J connectivity index is 1.73. The predicted molar refractivity (Wildman–Crippen MR) is 131 cm³/mol. The van der Waals surface area contributed by atoms with Gasteiger partial charge in [-0.1, -0.05) is 60.7 Å². The molecule has 8 nitrogen and oxygen atoms in total. The van der Waals surface area contributed by atoms with E-state index < -0.39 is 35.9 Å². The molecular weight excluding hydrogens is 444 g/mol. The first kappa shape index (κ1) is 25.7. The van der Waals surface area contributed by atoms with Crippen molar-refractivity contribution in [1.29, 1.82) is 5.26 Å². The molecule has 1 unspecified atom stereocenters. The van der Waals surface area contributed by atoms with Gasteiger partial charge in [0.25, 0.3) is 0 Å². The lowest BCUT2D eigenvalue weighted by atomic mass is 9.89. The van der Waals surface area contributed by atoms with Gasteiger partial charge in [-0.25, -0.2) is 0 Å². The molecule has 0 bridgehead atoms. The summed E-state index contributed by atoms with van der Waals surface area (Å²) in [7, 11) is 0. The molecule has 0 spiro atoms. The number of benzene rings is 2. The molecule has 2 aromatic rings. The molecular formula is C27H30N4O4. The highest BCUT2D eigenvalue weighted by atomic mass is 16.3. The van der Waals surface area contributed by atoms with Gasteiger partial charge in [-0.05, 0) is 36.5 Å². The van der Waals surface area contributed by atoms with Crippen LogP contribution in [0.5, 0.6) is 0 Å². The van der Waals surface area contributed by atoms with Crippen molar-refractivity contribution in [2.45, 2.75) is 43.9 Å². The lowest BCUT2D eigenvalue weighted by molar-refractivity contribution is -0.130. The molecule has 0 radical (unpaired) electrons. The van der Waals surface area contributed by atoms with Crippen LogP contribution in [0.15, 0.2) is 66.7 Å². The highest BCUT2D eigenvalue weighted by Gasteiger charge is 2.32. The molecule has 4 atom stereocenters. The maximum Gasteiger partial charge on any atom is 0.244 e. The van der Waals surface area contributed by atoms with E-state index in [1.807, 2.05) is 60.7 Å². The SMILES string of the molecule is N#CC(O)[C@H](C[C@H]1CCCNC1=O)NC(=O)[C@H](Cc1ccccc1)NC(=O)/C=C/c1ccccc1. The van der Waals surface area contributed by atoms with E-state index in [4.69, 9.17) is 0 Å². The Hall–Kier alpha value is -3.96. The maximum atomic E-state index is 13.2. The molecule has 1 saturated heterocycles. The van der Waals surface area contributed by atoms with Crippen LogP contribution in [0, 0.1) is 17.2 Å². The van der Waals surface area contributed by atoms with Gasteiger partial charge in [-0.3, -0.25) is 14.4 Å². The summed E-state index contributed by atoms with van der Waals surface area (Å²) in [5.74, 6) is -1.55. The third-order valence-corrected chi connectivity index (χ3v) is 5.92. The van der Waals surface area contributed by atoms with Crippen LogP contribution in [0.25, 0.3) is 6.08 Å². The monoisotopic (exact) mass is 474 g/mol. The highest BCUT2D eigenvalue weighted by molar-refractivity contribution is 5.95. The van der Waals surface area contributed by atoms with Crippen molar-refractivity contribution in [3.05, 3.63) is 77.9 Å². The molecule has 1 fully saturated rings. The van der Waals surface area contributed by atoms with Crippen molar-refractivity contribution in [2.75, 3.05) is 6.54 Å². The number of carbonyl (C=O) groups is 3. The van der Waals surface area contributed by atoms with Crippen molar-refractivity contribution >= 4 is 23.8 Å². The summed E-state index contributed by atoms with van der Waals surface area (Å²) in [6, 6.07) is 18.4. The summed E-state index contributed by atoms with van der Waals surface area (Å²) in [5.41, 5.74) is 1.68. The Morgan fingerprint density at radius 3 is 2.46 bits per heavy atom. The zero-order chi connectivity index (χ0) is 25.0. The molecule has 2 aromatic carbocycles. The lowest BCUT2D eigenvalue weighted by Gasteiger charge is -2.29. The molecule has 1 aliphatic rings. The van der Waals surface area contributed by atoms with E-state index in [-0.39, 0.29) is 18.7 Å². The van der Waals surface area contributed by atoms with Crippen molar-refractivity contribution in [1.82, 2.24) is 16.0 Å². The van der Waals surface area contributed by atoms with Gasteiger partial charge in [-0.15, -0.1) is 0 Å². The molecule has 0 aromatic heterocycles. The van der Waals surface area contributed by atoms with Gasteiger partial charge in [0.15, 0.2) is 6.10 Å². The summed E-state index contributed by atoms with van der Waals surface area (Å²) in [4.78, 5) is 38.0. The maximum absolute atomic E-state index is 13.2. The summed E-state index contributed by atoms with van der Waals surface area (Å²) >= 11 is 0. The first-order chi connectivity index (χ1) is 17.0. The van der Waals surface area contributed by atoms with E-state index in [1.165, 1.54) is 6.08 Å². The van der Waals surface area contributed by atoms with Crippen molar-refractivity contribution in [3.63, 3.8) is 0 Å². The third kappa shape index (κ3) is 8.09. The Labute approximate surface area is 205 Å². The quantitative estimate of drug-likeness (QED) is 0.308. The molecule has 0 saturated carbocycles. The van der Waals surface area contributed by atoms with E-state index in [0.717, 1.165) is 17.5 Å². The van der Waals surface area contributed by atoms with Gasteiger partial charge < -0.3 is 21.1 Å². The zero-order valence-electron chi connectivity index (χ0n) is 19.4. The van der Waals surface area contributed by atoms with Crippen LogP contribution in [0.1, 0.15) is 30.4 Å². The topological polar surface area (TPSA) is 131 Å². The van der Waals surface area contributed by atoms with Crippen molar-refractivity contribution in [2.24, 2.45) is 5.92 Å². The number of amides is 3. The molecule has 0 aliphatic carbocycles. The second kappa shape index (κ2) is 13.1. The standard InChI is InChI=1S/C27H30N4O4/c28-18-24(32)22(17-21-12-7-15-29-26(21)34)31-27(35)23(16-20-10-5-2-6-11-20)30-25(33)14-13-19-8-3-1-4-9-19/h1-6,8-11,13-14,21-24,32H,7,12,15-17H2,(H,29,34)(H,30,33)(H,31,35)/b14-13+/t21-,22+,23+,24?/m1/s1. The summed E-state index contributed by atoms with van der Waals surface area (Å²) in [5, 5.41) is 27.7. The van der Waals surface area contributed by atoms with Gasteiger partial charge in [0.2, 0.25) is 17.7 Å². The number of carbonyl (C=O) groups excluding carboxylic acids is 3. The minimum absolute atomic E-state index is 0.131. The first-order valence-electron chi connectivity index (χ1n) is 11.7. The van der Waals surface area contributed by atoms with Crippen LogP contribution in [-0.2, 0) is 20.8 Å². The lowest BCUT2D eigenvalue weighted by Crippen LogP contribution is -2.54. The third-order valence-electron chi connectivity index (χ3n) is 5.92. The smallest absolute Gasteiger partial charge is 0.244 e. The predicted octanol–water partition coefficient (Wildman–Crippen LogP) is 1.71. The van der Waals surface area contributed by atoms with Gasteiger partial charge in [-0.2, -0.15) is 5.26 Å². The van der Waals surface area contributed by atoms with Crippen LogP contribution in [0.3, 0.4) is 0 Å². The summed E-state index contributed by atoms with van der Waals surface area (Å²) in [6.45, 7) is 0.592. The van der Waals surface area contributed by atoms with E-state index in [2.05, 4.69) is 16.0 Å². The van der Waals surface area contributed by atoms with E-state index in [0.29, 0.717) is 13.0 Å². The summed E-state index contributed by atoms with van der Waals surface area (Å²) < 4.78 is 0. The number of hydrogen-bond donors (Lipinski definition) is 4. The average Bonchev–Trinajstić information content (AvgIpc) is 2.88. The molecule has 1 heterocycles. The molecule has 182 valence electrons. The molecule has 3 amide bonds. The second-order valence-electron chi connectivity index (χ2n) is 8.55. The van der Waals surface area contributed by atoms with Crippen LogP contribution < -0.4 is 16.0 Å². The van der Waals surface area contributed by atoms with Gasteiger partial charge in [0.05, 0.1) is 12.1 Å². The Bertz CT molecular complexity index is 1070. The zero-order valence-corrected chi connectivity index (χ0v) is 19.4. The van der Waals surface area contributed by atoms with Crippen LogP contribution >= 0.6 is 0 Å². The first-order valence-corrected chi connectivity index (χ1v) is 11.7. The number of aliphatic hydroxyl groups is 1. The van der Waals surface area contributed by atoms with Crippen molar-refractivity contribution in [3.8, 4) is 6.07 Å². The normalized spacial score (nSPS) is 18.1. The molecule has 3 rings (SSSR count). The van der Waals surface area contributed by atoms with E-state index in [9.17, 15) is 24.8 Å². The average molecular weight is 475 g/mol. The highest BCUT2D eigenvalue weighted by Crippen LogP contribution is 2.19. The van der Waals surface area contributed by atoms with Crippen LogP contribution in [0.4, 0.5) is 0 Å². The van der Waals surface area contributed by atoms with Gasteiger partial charge in [0.1, 0.15) is 6.04 Å². The number of hydrogen-bond acceptors (Lipinski definition) is 5. The fraction of sp³-hybridized carbons (Fsp3) is 0.333. The van der Waals surface area contributed by atoms with Crippen LogP contribution in [-0.4, -0.2) is 47.6 Å². The number of aliphatic hydroxyl groups excluding tert-OH is 1.